The fourth-order valence-electron chi connectivity index (χ4n) is 1.56. The average Bonchev–Trinajstić information content (AvgIpc) is 2.46. The topological polar surface area (TPSA) is 92.1 Å². The van der Waals surface area contributed by atoms with E-state index in [2.05, 4.69) is 25.6 Å². The second-order valence-corrected chi connectivity index (χ2v) is 6.57. The van der Waals surface area contributed by atoms with Gasteiger partial charge in [0.05, 0.1) is 12.8 Å². The Morgan fingerprint density at radius 2 is 2.10 bits per heavy atom. The SMILES string of the molecule is COc1cc(Br)cc(NS(=O)(=O)c2ccc(C#N)nc2)c1. The first-order chi connectivity index (χ1) is 9.94. The summed E-state index contributed by atoms with van der Waals surface area (Å²) < 4.78 is 32.6. The van der Waals surface area contributed by atoms with Gasteiger partial charge in [-0.1, -0.05) is 15.9 Å². The van der Waals surface area contributed by atoms with E-state index < -0.39 is 10.0 Å². The van der Waals surface area contributed by atoms with Crippen LogP contribution in [0.1, 0.15) is 5.69 Å². The van der Waals surface area contributed by atoms with Crippen LogP contribution in [0.15, 0.2) is 45.9 Å². The summed E-state index contributed by atoms with van der Waals surface area (Å²) in [6.45, 7) is 0. The lowest BCUT2D eigenvalue weighted by atomic mass is 10.3. The first-order valence-corrected chi connectivity index (χ1v) is 7.96. The van der Waals surface area contributed by atoms with Gasteiger partial charge in [0, 0.05) is 16.7 Å². The lowest BCUT2D eigenvalue weighted by molar-refractivity contribution is 0.415. The van der Waals surface area contributed by atoms with Gasteiger partial charge >= 0.3 is 0 Å². The van der Waals surface area contributed by atoms with Crippen molar-refractivity contribution in [1.82, 2.24) is 4.98 Å². The van der Waals surface area contributed by atoms with Crippen LogP contribution in [-0.2, 0) is 10.0 Å². The van der Waals surface area contributed by atoms with E-state index >= 15 is 0 Å². The summed E-state index contributed by atoms with van der Waals surface area (Å²) in [5.74, 6) is 0.514. The van der Waals surface area contributed by atoms with Crippen molar-refractivity contribution in [2.75, 3.05) is 11.8 Å². The molecule has 0 atom stereocenters. The normalized spacial score (nSPS) is 10.7. The summed E-state index contributed by atoms with van der Waals surface area (Å²) in [4.78, 5) is 3.71. The fourth-order valence-corrected chi connectivity index (χ4v) is 3.02. The van der Waals surface area contributed by atoms with Gasteiger partial charge in [0.1, 0.15) is 22.4 Å². The average molecular weight is 368 g/mol. The van der Waals surface area contributed by atoms with Crippen molar-refractivity contribution in [2.24, 2.45) is 0 Å². The molecule has 1 aromatic carbocycles. The van der Waals surface area contributed by atoms with Crippen molar-refractivity contribution in [3.05, 3.63) is 46.7 Å². The number of rotatable bonds is 4. The van der Waals surface area contributed by atoms with Crippen LogP contribution in [0.2, 0.25) is 0 Å². The maximum Gasteiger partial charge on any atom is 0.263 e. The predicted molar refractivity (Wildman–Crippen MR) is 80.5 cm³/mol. The molecular weight excluding hydrogens is 358 g/mol. The molecular formula is C13H10BrN3O3S. The third-order valence-corrected chi connectivity index (χ3v) is 4.34. The molecule has 1 aromatic heterocycles. The number of hydrogen-bond donors (Lipinski definition) is 1. The quantitative estimate of drug-likeness (QED) is 0.895. The molecule has 0 unspecified atom stereocenters. The van der Waals surface area contributed by atoms with E-state index in [1.54, 1.807) is 18.2 Å². The molecule has 0 amide bonds. The molecule has 0 aliphatic carbocycles. The van der Waals surface area contributed by atoms with Crippen LogP contribution in [0.4, 0.5) is 5.69 Å². The van der Waals surface area contributed by atoms with Crippen LogP contribution in [0.3, 0.4) is 0 Å². The van der Waals surface area contributed by atoms with Crippen molar-refractivity contribution in [1.29, 1.82) is 5.26 Å². The zero-order valence-electron chi connectivity index (χ0n) is 10.9. The Balaban J connectivity index is 2.32. The summed E-state index contributed by atoms with van der Waals surface area (Å²) in [6.07, 6.45) is 1.14. The molecule has 0 radical (unpaired) electrons. The van der Waals surface area contributed by atoms with Crippen LogP contribution in [0, 0.1) is 11.3 Å². The monoisotopic (exact) mass is 367 g/mol. The van der Waals surface area contributed by atoms with Crippen LogP contribution in [-0.4, -0.2) is 20.5 Å². The van der Waals surface area contributed by atoms with Gasteiger partial charge in [0.25, 0.3) is 10.0 Å². The maximum atomic E-state index is 12.2. The number of methoxy groups -OCH3 is 1. The molecule has 6 nitrogen and oxygen atoms in total. The van der Waals surface area contributed by atoms with Crippen LogP contribution >= 0.6 is 15.9 Å². The number of benzene rings is 1. The van der Waals surface area contributed by atoms with Crippen molar-refractivity contribution >= 4 is 31.6 Å². The molecule has 8 heteroatoms. The molecule has 0 saturated carbocycles. The van der Waals surface area contributed by atoms with Crippen molar-refractivity contribution < 1.29 is 13.2 Å². The molecule has 2 aromatic rings. The molecule has 21 heavy (non-hydrogen) atoms. The molecule has 0 spiro atoms. The van der Waals surface area contributed by atoms with Gasteiger partial charge in [-0.05, 0) is 24.3 Å². The van der Waals surface area contributed by atoms with Gasteiger partial charge in [-0.25, -0.2) is 13.4 Å². The smallest absolute Gasteiger partial charge is 0.263 e. The first kappa shape index (κ1) is 15.3. The number of sulfonamides is 1. The molecule has 108 valence electrons. The summed E-state index contributed by atoms with van der Waals surface area (Å²) >= 11 is 3.27. The van der Waals surface area contributed by atoms with E-state index in [1.165, 1.54) is 19.2 Å². The Morgan fingerprint density at radius 3 is 2.67 bits per heavy atom. The van der Waals surface area contributed by atoms with Gasteiger partial charge in [0.15, 0.2) is 0 Å². The first-order valence-electron chi connectivity index (χ1n) is 5.68. The molecule has 2 rings (SSSR count). The summed E-state index contributed by atoms with van der Waals surface area (Å²) in [6, 6.07) is 9.37. The Hall–Kier alpha value is -2.11. The van der Waals surface area contributed by atoms with Crippen LogP contribution < -0.4 is 9.46 Å². The minimum atomic E-state index is -3.78. The number of anilines is 1. The second kappa shape index (κ2) is 6.11. The Labute approximate surface area is 130 Å². The van der Waals surface area contributed by atoms with E-state index in [9.17, 15) is 8.42 Å². The number of nitriles is 1. The Morgan fingerprint density at radius 1 is 1.33 bits per heavy atom. The number of nitrogens with one attached hydrogen (secondary N) is 1. The van der Waals surface area contributed by atoms with Crippen LogP contribution in [0.25, 0.3) is 0 Å². The van der Waals surface area contributed by atoms with Crippen molar-refractivity contribution in [3.63, 3.8) is 0 Å². The molecule has 0 aliphatic rings. The van der Waals surface area contributed by atoms with Crippen molar-refractivity contribution in [3.8, 4) is 11.8 Å². The fraction of sp³-hybridized carbons (Fsp3) is 0.0769. The third-order valence-electron chi connectivity index (χ3n) is 2.52. The van der Waals surface area contributed by atoms with Gasteiger partial charge in [-0.2, -0.15) is 5.26 Å². The predicted octanol–water partition coefficient (Wildman–Crippen LogP) is 2.53. The van der Waals surface area contributed by atoms with E-state index in [0.717, 1.165) is 6.20 Å². The van der Waals surface area contributed by atoms with Gasteiger partial charge in [0.2, 0.25) is 0 Å². The van der Waals surface area contributed by atoms with Gasteiger partial charge in [-0.15, -0.1) is 0 Å². The summed E-state index contributed by atoms with van der Waals surface area (Å²) in [5.41, 5.74) is 0.503. The maximum absolute atomic E-state index is 12.2. The molecule has 1 heterocycles. The van der Waals surface area contributed by atoms with Crippen LogP contribution in [0.5, 0.6) is 5.75 Å². The summed E-state index contributed by atoms with van der Waals surface area (Å²) in [7, 11) is -2.29. The molecule has 0 aliphatic heterocycles. The van der Waals surface area contributed by atoms with E-state index in [4.69, 9.17) is 10.00 Å². The Bertz CT molecular complexity index is 798. The van der Waals surface area contributed by atoms with Crippen molar-refractivity contribution in [2.45, 2.75) is 4.90 Å². The van der Waals surface area contributed by atoms with E-state index in [-0.39, 0.29) is 10.6 Å². The molecule has 0 bridgehead atoms. The highest BCUT2D eigenvalue weighted by Gasteiger charge is 2.15. The lowest BCUT2D eigenvalue weighted by Gasteiger charge is -2.10. The minimum Gasteiger partial charge on any atom is -0.497 e. The van der Waals surface area contributed by atoms with E-state index in [0.29, 0.717) is 15.9 Å². The number of pyridine rings is 1. The standard InChI is InChI=1S/C13H10BrN3O3S/c1-20-12-5-9(14)4-11(6-12)17-21(18,19)13-3-2-10(7-15)16-8-13/h2-6,8,17H,1H3. The van der Waals surface area contributed by atoms with E-state index in [1.807, 2.05) is 6.07 Å². The number of aromatic nitrogens is 1. The molecule has 0 saturated heterocycles. The number of halogens is 1. The number of ether oxygens (including phenoxy) is 1. The zero-order chi connectivity index (χ0) is 15.5. The highest BCUT2D eigenvalue weighted by atomic mass is 79.9. The van der Waals surface area contributed by atoms with Gasteiger partial charge in [-0.3, -0.25) is 4.72 Å². The number of nitrogens with zero attached hydrogens (tertiary/aromatic N) is 2. The highest BCUT2D eigenvalue weighted by Crippen LogP contribution is 2.26. The number of hydrogen-bond acceptors (Lipinski definition) is 5. The minimum absolute atomic E-state index is 0.0274. The zero-order valence-corrected chi connectivity index (χ0v) is 13.3. The molecule has 0 fully saturated rings. The largest absolute Gasteiger partial charge is 0.497 e. The van der Waals surface area contributed by atoms with Gasteiger partial charge < -0.3 is 4.74 Å². The summed E-state index contributed by atoms with van der Waals surface area (Å²) in [5, 5.41) is 8.66. The molecule has 1 N–H and O–H groups in total. The lowest BCUT2D eigenvalue weighted by Crippen LogP contribution is -2.13. The second-order valence-electron chi connectivity index (χ2n) is 3.98. The Kier molecular flexibility index (Phi) is 4.45. The highest BCUT2D eigenvalue weighted by molar-refractivity contribution is 9.10. The third kappa shape index (κ3) is 3.71.